The number of carboxylic acid groups (broad SMARTS) is 1. The van der Waals surface area contributed by atoms with Crippen molar-refractivity contribution in [2.24, 2.45) is 0 Å². The van der Waals surface area contributed by atoms with Crippen molar-refractivity contribution in [2.75, 3.05) is 6.61 Å². The zero-order valence-electron chi connectivity index (χ0n) is 4.17. The fraction of sp³-hybridized carbons (Fsp3) is 0.500. The van der Waals surface area contributed by atoms with Crippen molar-refractivity contribution in [3.8, 4) is 0 Å². The Kier molecular flexibility index (Phi) is 29.1. The second-order valence-electron chi connectivity index (χ2n) is 0.610. The standard InChI is InChI=1S/C2H4O3.Cl2O.Zr/c3-1-2(4)5;1-3-2;/h3H,1H2,(H,4,5);;. The van der Waals surface area contributed by atoms with Crippen LogP contribution in [0.5, 0.6) is 0 Å². The Morgan fingerprint density at radius 3 is 1.67 bits per heavy atom. The molecule has 0 aliphatic rings. The Hall–Kier alpha value is 0.853. The largest absolute Gasteiger partial charge is 0.480 e. The van der Waals surface area contributed by atoms with Crippen LogP contribution in [0.2, 0.25) is 0 Å². The van der Waals surface area contributed by atoms with Crippen LogP contribution in [0.4, 0.5) is 0 Å². The van der Waals surface area contributed by atoms with Crippen molar-refractivity contribution < 1.29 is 45.1 Å². The van der Waals surface area contributed by atoms with Gasteiger partial charge in [-0.05, 0) is 0 Å². The maximum Gasteiger partial charge on any atom is 0.329 e. The Labute approximate surface area is 81.2 Å². The monoisotopic (exact) mass is 252 g/mol. The van der Waals surface area contributed by atoms with Crippen LogP contribution in [0.3, 0.4) is 0 Å². The number of hydrogen-bond donors (Lipinski definition) is 2. The molecule has 0 aromatic heterocycles. The summed E-state index contributed by atoms with van der Waals surface area (Å²) in [6.07, 6.45) is 0. The fourth-order valence-corrected chi connectivity index (χ4v) is 0. The third-order valence-electron chi connectivity index (χ3n) is 0.135. The molecule has 0 heterocycles. The van der Waals surface area contributed by atoms with Crippen LogP contribution in [0.25, 0.3) is 0 Å². The van der Waals surface area contributed by atoms with Crippen LogP contribution >= 0.6 is 23.7 Å². The maximum atomic E-state index is 9.12. The Morgan fingerprint density at radius 1 is 1.56 bits per heavy atom. The van der Waals surface area contributed by atoms with Gasteiger partial charge in [-0.1, -0.05) is 0 Å². The van der Waals surface area contributed by atoms with Gasteiger partial charge in [0.15, 0.2) is 0 Å². The van der Waals surface area contributed by atoms with Crippen LogP contribution in [0, 0.1) is 0 Å². The number of carbonyl (C=O) groups is 1. The van der Waals surface area contributed by atoms with E-state index >= 15 is 0 Å². The Bertz CT molecular complexity index is 60.5. The molecule has 0 aromatic rings. The van der Waals surface area contributed by atoms with E-state index < -0.39 is 12.6 Å². The molecule has 0 radical (unpaired) electrons. The fourth-order valence-electron chi connectivity index (χ4n) is 0. The molecule has 2 N–H and O–H groups in total. The van der Waals surface area contributed by atoms with E-state index in [4.69, 9.17) is 15.0 Å². The number of aliphatic hydroxyl groups is 1. The number of hydrogen-bond acceptors (Lipinski definition) is 3. The van der Waals surface area contributed by atoms with Crippen LogP contribution in [0.1, 0.15) is 0 Å². The smallest absolute Gasteiger partial charge is 0.329 e. The third kappa shape index (κ3) is 51.1. The van der Waals surface area contributed by atoms with E-state index in [9.17, 15) is 0 Å². The first kappa shape index (κ1) is 16.4. The van der Waals surface area contributed by atoms with E-state index in [0.717, 1.165) is 0 Å². The zero-order valence-corrected chi connectivity index (χ0v) is 8.14. The van der Waals surface area contributed by atoms with Gasteiger partial charge < -0.3 is 10.2 Å². The summed E-state index contributed by atoms with van der Waals surface area (Å²) >= 11 is 8.53. The van der Waals surface area contributed by atoms with Gasteiger partial charge in [0, 0.05) is 26.2 Å². The summed E-state index contributed by atoms with van der Waals surface area (Å²) in [5, 5.41) is 15.0. The summed E-state index contributed by atoms with van der Waals surface area (Å²) < 4.78 is 3.19. The minimum Gasteiger partial charge on any atom is -0.480 e. The van der Waals surface area contributed by atoms with Crippen molar-refractivity contribution in [2.45, 2.75) is 0 Å². The van der Waals surface area contributed by atoms with E-state index in [1.807, 2.05) is 0 Å². The number of aliphatic hydroxyl groups excluding tert-OH is 1. The van der Waals surface area contributed by atoms with Gasteiger partial charge in [-0.15, -0.1) is 0 Å². The van der Waals surface area contributed by atoms with Crippen molar-refractivity contribution in [1.82, 2.24) is 0 Å². The van der Waals surface area contributed by atoms with Crippen LogP contribution in [-0.4, -0.2) is 22.8 Å². The van der Waals surface area contributed by atoms with Gasteiger partial charge in [-0.3, -0.25) is 0 Å². The van der Waals surface area contributed by atoms with Gasteiger partial charge in [0.05, 0.1) is 23.7 Å². The predicted octanol–water partition coefficient (Wildman–Crippen LogP) is 0.371. The molecule has 54 valence electrons. The number of rotatable bonds is 1. The van der Waals surface area contributed by atoms with Crippen molar-refractivity contribution in [1.29, 1.82) is 0 Å². The first-order valence-electron chi connectivity index (χ1n) is 1.41. The summed E-state index contributed by atoms with van der Waals surface area (Å²) in [4.78, 5) is 9.12. The van der Waals surface area contributed by atoms with Gasteiger partial charge in [0.2, 0.25) is 0 Å². The third-order valence-corrected chi connectivity index (χ3v) is 0.135. The van der Waals surface area contributed by atoms with E-state index in [0.29, 0.717) is 0 Å². The molecule has 0 fully saturated rings. The van der Waals surface area contributed by atoms with Crippen molar-refractivity contribution in [3.05, 3.63) is 0 Å². The van der Waals surface area contributed by atoms with Crippen molar-refractivity contribution >= 4 is 29.7 Å². The Morgan fingerprint density at radius 2 is 1.67 bits per heavy atom. The van der Waals surface area contributed by atoms with Crippen LogP contribution in [0.15, 0.2) is 0 Å². The maximum absolute atomic E-state index is 9.12. The molecule has 7 heteroatoms. The van der Waals surface area contributed by atoms with E-state index in [-0.39, 0.29) is 26.2 Å². The second kappa shape index (κ2) is 15.9. The summed E-state index contributed by atoms with van der Waals surface area (Å²) in [6, 6.07) is 0. The minimum atomic E-state index is -1.19. The second-order valence-corrected chi connectivity index (χ2v) is 1.08. The molecule has 0 aliphatic carbocycles. The average Bonchev–Trinajstić information content (AvgIpc) is 1.69. The molecule has 0 aliphatic heterocycles. The van der Waals surface area contributed by atoms with Gasteiger partial charge in [-0.25, -0.2) is 4.79 Å². The Balaban J connectivity index is -0.0000000800. The van der Waals surface area contributed by atoms with Crippen LogP contribution in [-0.2, 0) is 34.8 Å². The molecule has 4 nitrogen and oxygen atoms in total. The molecule has 0 amide bonds. The van der Waals surface area contributed by atoms with E-state index in [1.165, 1.54) is 0 Å². The normalized spacial score (nSPS) is 6.11. The summed E-state index contributed by atoms with van der Waals surface area (Å²) in [7, 11) is 0. The number of aliphatic carboxylic acids is 1. The average molecular weight is 254 g/mol. The number of halogens is 2. The molecule has 0 saturated carbocycles. The first-order valence-corrected chi connectivity index (χ1v) is 2.02. The SMILES string of the molecule is ClOCl.O=C(O)CO.[Zr]. The molecule has 0 aromatic carbocycles. The van der Waals surface area contributed by atoms with Gasteiger partial charge in [0.25, 0.3) is 0 Å². The summed E-state index contributed by atoms with van der Waals surface area (Å²) in [5.41, 5.74) is 0. The topological polar surface area (TPSA) is 66.8 Å². The van der Waals surface area contributed by atoms with Gasteiger partial charge in [0.1, 0.15) is 6.61 Å². The number of carboxylic acids is 1. The molecule has 0 bridgehead atoms. The van der Waals surface area contributed by atoms with Crippen molar-refractivity contribution in [3.63, 3.8) is 0 Å². The molecule has 9 heavy (non-hydrogen) atoms. The molecule has 0 saturated heterocycles. The molecule has 0 rings (SSSR count). The van der Waals surface area contributed by atoms with Gasteiger partial charge >= 0.3 is 5.97 Å². The van der Waals surface area contributed by atoms with E-state index in [2.05, 4.69) is 27.6 Å². The summed E-state index contributed by atoms with van der Waals surface area (Å²) in [6.45, 7) is -0.778. The van der Waals surface area contributed by atoms with E-state index in [1.54, 1.807) is 0 Å². The molecule has 0 spiro atoms. The quantitative estimate of drug-likeness (QED) is 0.709. The zero-order chi connectivity index (χ0) is 6.99. The summed E-state index contributed by atoms with van der Waals surface area (Å²) in [5.74, 6) is -1.19. The van der Waals surface area contributed by atoms with Gasteiger partial charge in [-0.2, -0.15) is 3.84 Å². The van der Waals surface area contributed by atoms with Crippen LogP contribution < -0.4 is 0 Å². The molecular formula is C2H4Cl2O4Zr. The molecule has 0 unspecified atom stereocenters. The predicted molar refractivity (Wildman–Crippen MR) is 27.5 cm³/mol. The molecule has 0 atom stereocenters. The minimum absolute atomic E-state index is 0. The first-order chi connectivity index (χ1) is 3.68. The molecular weight excluding hydrogens is 250 g/mol.